The highest BCUT2D eigenvalue weighted by Crippen LogP contribution is 2.17. The fraction of sp³-hybridized carbons (Fsp3) is 0.143. The molecule has 0 spiro atoms. The molecule has 0 aromatic heterocycles. The Hall–Kier alpha value is -1.63. The Kier molecular flexibility index (Phi) is 2.70. The van der Waals surface area contributed by atoms with Crippen LogP contribution in [0, 0.1) is 10.1 Å². The molecule has 0 heterocycles. The summed E-state index contributed by atoms with van der Waals surface area (Å²) in [6.45, 7) is 0. The first-order valence-electron chi connectivity index (χ1n) is 3.61. The molecule has 0 atom stereocenters. The van der Waals surface area contributed by atoms with E-state index >= 15 is 0 Å². The van der Waals surface area contributed by atoms with Crippen LogP contribution in [0.15, 0.2) is 24.3 Å². The third-order valence-corrected chi connectivity index (χ3v) is 1.97. The fourth-order valence-corrected chi connectivity index (χ4v) is 1.45. The first-order chi connectivity index (χ1) is 6.38. The second-order valence-electron chi connectivity index (χ2n) is 2.68. The van der Waals surface area contributed by atoms with Gasteiger partial charge in [0.2, 0.25) is 10.0 Å². The number of non-ortho nitro benzene ring substituents is 1. The average molecular weight is 216 g/mol. The Morgan fingerprint density at radius 3 is 2.57 bits per heavy atom. The van der Waals surface area contributed by atoms with E-state index in [2.05, 4.69) is 4.72 Å². The van der Waals surface area contributed by atoms with Crippen LogP contribution in [0.4, 0.5) is 11.4 Å². The van der Waals surface area contributed by atoms with Gasteiger partial charge in [-0.25, -0.2) is 8.42 Å². The number of nitro groups is 1. The van der Waals surface area contributed by atoms with E-state index in [-0.39, 0.29) is 11.4 Å². The van der Waals surface area contributed by atoms with Crippen LogP contribution in [0.3, 0.4) is 0 Å². The molecule has 1 rings (SSSR count). The number of rotatable bonds is 3. The summed E-state index contributed by atoms with van der Waals surface area (Å²) in [6.07, 6.45) is 0.978. The first kappa shape index (κ1) is 10.5. The number of anilines is 1. The molecule has 0 fully saturated rings. The molecule has 0 saturated heterocycles. The fourth-order valence-electron chi connectivity index (χ4n) is 0.897. The lowest BCUT2D eigenvalue weighted by atomic mass is 10.3. The zero-order valence-electron chi connectivity index (χ0n) is 7.30. The van der Waals surface area contributed by atoms with Crippen molar-refractivity contribution in [1.29, 1.82) is 0 Å². The molecule has 0 saturated carbocycles. The maximum Gasteiger partial charge on any atom is 0.271 e. The summed E-state index contributed by atoms with van der Waals surface area (Å²) in [6, 6.07) is 5.29. The van der Waals surface area contributed by atoms with Gasteiger partial charge in [-0.2, -0.15) is 0 Å². The number of benzene rings is 1. The Morgan fingerprint density at radius 1 is 1.43 bits per heavy atom. The van der Waals surface area contributed by atoms with Gasteiger partial charge in [0.15, 0.2) is 0 Å². The van der Waals surface area contributed by atoms with E-state index < -0.39 is 14.9 Å². The van der Waals surface area contributed by atoms with Crippen molar-refractivity contribution in [3.8, 4) is 0 Å². The van der Waals surface area contributed by atoms with Gasteiger partial charge >= 0.3 is 0 Å². The summed E-state index contributed by atoms with van der Waals surface area (Å²) in [7, 11) is -3.39. The summed E-state index contributed by atoms with van der Waals surface area (Å²) in [5.41, 5.74) is 0.0281. The van der Waals surface area contributed by atoms with Crippen LogP contribution >= 0.6 is 0 Å². The van der Waals surface area contributed by atoms with Crippen molar-refractivity contribution in [1.82, 2.24) is 0 Å². The summed E-state index contributed by atoms with van der Waals surface area (Å²) in [5.74, 6) is 0. The van der Waals surface area contributed by atoms with Gasteiger partial charge in [0.25, 0.3) is 5.69 Å². The van der Waals surface area contributed by atoms with Crippen LogP contribution in [-0.4, -0.2) is 19.6 Å². The van der Waals surface area contributed by atoms with Gasteiger partial charge in [0.1, 0.15) is 0 Å². The zero-order valence-corrected chi connectivity index (χ0v) is 8.11. The summed E-state index contributed by atoms with van der Waals surface area (Å²) >= 11 is 0. The normalized spacial score (nSPS) is 10.9. The van der Waals surface area contributed by atoms with Gasteiger partial charge in [-0.1, -0.05) is 6.07 Å². The van der Waals surface area contributed by atoms with Crippen molar-refractivity contribution in [3.05, 3.63) is 34.4 Å². The molecule has 0 bridgehead atoms. The standard InChI is InChI=1S/C7H8N2O4S/c1-14(12,13)8-6-3-2-4-7(5-6)9(10)11/h2-5,8H,1H3. The number of hydrogen-bond acceptors (Lipinski definition) is 4. The van der Waals surface area contributed by atoms with E-state index in [1.165, 1.54) is 18.2 Å². The van der Waals surface area contributed by atoms with Gasteiger partial charge in [-0.15, -0.1) is 0 Å². The third-order valence-electron chi connectivity index (χ3n) is 1.36. The van der Waals surface area contributed by atoms with Crippen molar-refractivity contribution in [2.75, 3.05) is 11.0 Å². The second kappa shape index (κ2) is 3.62. The van der Waals surface area contributed by atoms with E-state index in [4.69, 9.17) is 0 Å². The predicted octanol–water partition coefficient (Wildman–Crippen LogP) is 0.966. The molecule has 0 aliphatic rings. The molecule has 1 aromatic carbocycles. The largest absolute Gasteiger partial charge is 0.284 e. The molecule has 1 aromatic rings. The van der Waals surface area contributed by atoms with Crippen LogP contribution in [0.2, 0.25) is 0 Å². The smallest absolute Gasteiger partial charge is 0.271 e. The lowest BCUT2D eigenvalue weighted by Gasteiger charge is -2.02. The quantitative estimate of drug-likeness (QED) is 0.602. The molecule has 0 aliphatic carbocycles. The van der Waals surface area contributed by atoms with Gasteiger partial charge in [0, 0.05) is 12.1 Å². The molecule has 0 radical (unpaired) electrons. The summed E-state index contributed by atoms with van der Waals surface area (Å²) in [5, 5.41) is 10.3. The van der Waals surface area contributed by atoms with Crippen molar-refractivity contribution >= 4 is 21.4 Å². The van der Waals surface area contributed by atoms with Crippen molar-refractivity contribution < 1.29 is 13.3 Å². The van der Waals surface area contributed by atoms with Crippen LogP contribution in [0.1, 0.15) is 0 Å². The predicted molar refractivity (Wildman–Crippen MR) is 51.6 cm³/mol. The van der Waals surface area contributed by atoms with Crippen LogP contribution in [-0.2, 0) is 10.0 Å². The van der Waals surface area contributed by atoms with Gasteiger partial charge in [-0.05, 0) is 6.07 Å². The number of nitrogens with zero attached hydrogens (tertiary/aromatic N) is 1. The Morgan fingerprint density at radius 2 is 2.07 bits per heavy atom. The van der Waals surface area contributed by atoms with E-state index in [0.717, 1.165) is 12.3 Å². The van der Waals surface area contributed by atoms with Gasteiger partial charge < -0.3 is 0 Å². The Labute approximate surface area is 80.8 Å². The molecule has 14 heavy (non-hydrogen) atoms. The Balaban J connectivity index is 3.01. The minimum Gasteiger partial charge on any atom is -0.284 e. The molecule has 76 valence electrons. The molecule has 0 aliphatic heterocycles. The van der Waals surface area contributed by atoms with Crippen LogP contribution in [0.25, 0.3) is 0 Å². The third kappa shape index (κ3) is 3.02. The van der Waals surface area contributed by atoms with Gasteiger partial charge in [0.05, 0.1) is 16.9 Å². The van der Waals surface area contributed by atoms with Crippen LogP contribution in [0.5, 0.6) is 0 Å². The zero-order chi connectivity index (χ0) is 10.8. The highest BCUT2D eigenvalue weighted by molar-refractivity contribution is 7.92. The molecular formula is C7H8N2O4S. The van der Waals surface area contributed by atoms with Crippen molar-refractivity contribution in [2.45, 2.75) is 0 Å². The molecule has 7 heteroatoms. The summed E-state index contributed by atoms with van der Waals surface area (Å²) in [4.78, 5) is 9.76. The minimum absolute atomic E-state index is 0.154. The molecule has 1 N–H and O–H groups in total. The number of nitrogens with one attached hydrogen (secondary N) is 1. The average Bonchev–Trinajstić information content (AvgIpc) is 2.01. The maximum atomic E-state index is 10.8. The van der Waals surface area contributed by atoms with Gasteiger partial charge in [-0.3, -0.25) is 14.8 Å². The minimum atomic E-state index is -3.39. The SMILES string of the molecule is CS(=O)(=O)Nc1cccc([N+](=O)[O-])c1. The van der Waals surface area contributed by atoms with E-state index in [1.807, 2.05) is 0 Å². The number of hydrogen-bond donors (Lipinski definition) is 1. The first-order valence-corrected chi connectivity index (χ1v) is 5.50. The van der Waals surface area contributed by atoms with E-state index in [9.17, 15) is 18.5 Å². The molecule has 6 nitrogen and oxygen atoms in total. The van der Waals surface area contributed by atoms with E-state index in [1.54, 1.807) is 0 Å². The van der Waals surface area contributed by atoms with Crippen LogP contribution < -0.4 is 4.72 Å². The lowest BCUT2D eigenvalue weighted by Crippen LogP contribution is -2.09. The number of sulfonamides is 1. The molecule has 0 amide bonds. The summed E-state index contributed by atoms with van der Waals surface area (Å²) < 4.78 is 23.7. The highest BCUT2D eigenvalue weighted by atomic mass is 32.2. The lowest BCUT2D eigenvalue weighted by molar-refractivity contribution is -0.384. The van der Waals surface area contributed by atoms with E-state index in [0.29, 0.717) is 0 Å². The molecule has 0 unspecified atom stereocenters. The Bertz CT molecular complexity index is 455. The van der Waals surface area contributed by atoms with Crippen molar-refractivity contribution in [3.63, 3.8) is 0 Å². The highest BCUT2D eigenvalue weighted by Gasteiger charge is 2.07. The second-order valence-corrected chi connectivity index (χ2v) is 4.43. The number of nitro benzene ring substituents is 1. The molecular weight excluding hydrogens is 208 g/mol. The topological polar surface area (TPSA) is 89.3 Å². The maximum absolute atomic E-state index is 10.8. The van der Waals surface area contributed by atoms with Crippen molar-refractivity contribution in [2.24, 2.45) is 0 Å². The monoisotopic (exact) mass is 216 g/mol.